The quantitative estimate of drug-likeness (QED) is 0.411. The Morgan fingerprint density at radius 3 is 2.78 bits per heavy atom. The second-order valence-electron chi connectivity index (χ2n) is 2.50. The van der Waals surface area contributed by atoms with Crippen LogP contribution in [0.2, 0.25) is 0 Å². The van der Waals surface area contributed by atoms with Gasteiger partial charge in [-0.05, 0) is 13.3 Å². The second kappa shape index (κ2) is 3.82. The topological polar surface area (TPSA) is 36.1 Å². The van der Waals surface area contributed by atoms with Gasteiger partial charge in [0, 0.05) is 25.7 Å². The summed E-state index contributed by atoms with van der Waals surface area (Å²) >= 11 is 0. The molecule has 1 fully saturated rings. The minimum atomic E-state index is 0.666. The molecule has 0 aliphatic carbocycles. The maximum atomic E-state index is 3.38. The van der Waals surface area contributed by atoms with Crippen molar-refractivity contribution in [3.05, 3.63) is 0 Å². The summed E-state index contributed by atoms with van der Waals surface area (Å²) in [7, 11) is 0. The van der Waals surface area contributed by atoms with Crippen LogP contribution in [-0.4, -0.2) is 25.7 Å². The van der Waals surface area contributed by atoms with E-state index >= 15 is 0 Å². The maximum absolute atomic E-state index is 3.38. The number of hydrogen-bond acceptors (Lipinski definition) is 3. The van der Waals surface area contributed by atoms with E-state index in [-0.39, 0.29) is 0 Å². The van der Waals surface area contributed by atoms with Crippen LogP contribution < -0.4 is 16.2 Å². The molecule has 1 unspecified atom stereocenters. The highest BCUT2D eigenvalue weighted by atomic mass is 15.4. The van der Waals surface area contributed by atoms with Crippen LogP contribution in [0.3, 0.4) is 0 Å². The van der Waals surface area contributed by atoms with Crippen molar-refractivity contribution >= 4 is 0 Å². The molecule has 3 nitrogen and oxygen atoms in total. The Balaban J connectivity index is 2.12. The van der Waals surface area contributed by atoms with Crippen LogP contribution in [0.1, 0.15) is 13.3 Å². The SMILES string of the molecule is CC1CCNNCCN1. The number of hydrogen-bond donors (Lipinski definition) is 3. The molecule has 0 aromatic rings. The molecule has 0 spiro atoms. The van der Waals surface area contributed by atoms with E-state index in [1.54, 1.807) is 0 Å². The highest BCUT2D eigenvalue weighted by Crippen LogP contribution is 1.87. The molecular weight excluding hydrogens is 114 g/mol. The smallest absolute Gasteiger partial charge is 0.0225 e. The first-order chi connectivity index (χ1) is 4.39. The average molecular weight is 129 g/mol. The zero-order valence-corrected chi connectivity index (χ0v) is 5.91. The van der Waals surface area contributed by atoms with E-state index in [9.17, 15) is 0 Å². The molecule has 0 aromatic heterocycles. The molecule has 1 heterocycles. The van der Waals surface area contributed by atoms with E-state index in [1.165, 1.54) is 6.42 Å². The van der Waals surface area contributed by atoms with Gasteiger partial charge in [-0.25, -0.2) is 0 Å². The van der Waals surface area contributed by atoms with E-state index in [1.807, 2.05) is 0 Å². The summed E-state index contributed by atoms with van der Waals surface area (Å²) in [6.07, 6.45) is 1.20. The van der Waals surface area contributed by atoms with Crippen molar-refractivity contribution in [3.63, 3.8) is 0 Å². The summed E-state index contributed by atoms with van der Waals surface area (Å²) in [4.78, 5) is 0. The number of nitrogens with one attached hydrogen (secondary N) is 3. The highest BCUT2D eigenvalue weighted by molar-refractivity contribution is 4.64. The average Bonchev–Trinajstić information content (AvgIpc) is 1.79. The van der Waals surface area contributed by atoms with Gasteiger partial charge in [-0.15, -0.1) is 0 Å². The lowest BCUT2D eigenvalue weighted by Gasteiger charge is -2.18. The second-order valence-corrected chi connectivity index (χ2v) is 2.50. The lowest BCUT2D eigenvalue weighted by Crippen LogP contribution is -2.44. The van der Waals surface area contributed by atoms with Crippen molar-refractivity contribution in [2.45, 2.75) is 19.4 Å². The van der Waals surface area contributed by atoms with Crippen molar-refractivity contribution in [2.75, 3.05) is 19.6 Å². The molecule has 0 radical (unpaired) electrons. The van der Waals surface area contributed by atoms with E-state index in [0.29, 0.717) is 6.04 Å². The van der Waals surface area contributed by atoms with Crippen LogP contribution in [0, 0.1) is 0 Å². The van der Waals surface area contributed by atoms with Gasteiger partial charge in [0.1, 0.15) is 0 Å². The Morgan fingerprint density at radius 1 is 1.11 bits per heavy atom. The minimum Gasteiger partial charge on any atom is -0.313 e. The molecular formula is C6H15N3. The zero-order chi connectivity index (χ0) is 6.53. The van der Waals surface area contributed by atoms with E-state index < -0.39 is 0 Å². The normalized spacial score (nSPS) is 31.0. The van der Waals surface area contributed by atoms with Gasteiger partial charge in [0.2, 0.25) is 0 Å². The van der Waals surface area contributed by atoms with Crippen molar-refractivity contribution in [3.8, 4) is 0 Å². The molecule has 9 heavy (non-hydrogen) atoms. The van der Waals surface area contributed by atoms with E-state index in [2.05, 4.69) is 23.1 Å². The third kappa shape index (κ3) is 2.79. The highest BCUT2D eigenvalue weighted by Gasteiger charge is 2.01. The summed E-state index contributed by atoms with van der Waals surface area (Å²) in [5, 5.41) is 3.38. The van der Waals surface area contributed by atoms with Crippen LogP contribution in [0.4, 0.5) is 0 Å². The van der Waals surface area contributed by atoms with Crippen LogP contribution >= 0.6 is 0 Å². The molecule has 0 amide bonds. The van der Waals surface area contributed by atoms with Crippen LogP contribution in [-0.2, 0) is 0 Å². The van der Waals surface area contributed by atoms with Crippen LogP contribution in [0.15, 0.2) is 0 Å². The van der Waals surface area contributed by atoms with Gasteiger partial charge in [0.05, 0.1) is 0 Å². The van der Waals surface area contributed by atoms with Crippen molar-refractivity contribution in [2.24, 2.45) is 0 Å². The monoisotopic (exact) mass is 129 g/mol. The maximum Gasteiger partial charge on any atom is 0.0225 e. The van der Waals surface area contributed by atoms with Crippen LogP contribution in [0.25, 0.3) is 0 Å². The number of rotatable bonds is 0. The Morgan fingerprint density at radius 2 is 1.89 bits per heavy atom. The molecule has 1 saturated heterocycles. The van der Waals surface area contributed by atoms with Gasteiger partial charge < -0.3 is 5.32 Å². The largest absolute Gasteiger partial charge is 0.313 e. The molecule has 0 saturated carbocycles. The fourth-order valence-electron chi connectivity index (χ4n) is 0.949. The molecule has 54 valence electrons. The van der Waals surface area contributed by atoms with Crippen molar-refractivity contribution < 1.29 is 0 Å². The first kappa shape index (κ1) is 6.99. The van der Waals surface area contributed by atoms with Crippen molar-refractivity contribution in [1.82, 2.24) is 16.2 Å². The van der Waals surface area contributed by atoms with Gasteiger partial charge in [-0.3, -0.25) is 10.9 Å². The lowest BCUT2D eigenvalue weighted by atomic mass is 10.2. The Kier molecular flexibility index (Phi) is 2.97. The molecule has 3 N–H and O–H groups in total. The summed E-state index contributed by atoms with van der Waals surface area (Å²) in [5.74, 6) is 0. The summed E-state index contributed by atoms with van der Waals surface area (Å²) < 4.78 is 0. The molecule has 0 bridgehead atoms. The molecule has 1 aliphatic rings. The first-order valence-electron chi connectivity index (χ1n) is 3.58. The minimum absolute atomic E-state index is 0.666. The predicted octanol–water partition coefficient (Wildman–Crippen LogP) is -0.538. The zero-order valence-electron chi connectivity index (χ0n) is 5.91. The fraction of sp³-hybridized carbons (Fsp3) is 1.00. The summed E-state index contributed by atoms with van der Waals surface area (Å²) in [5.41, 5.74) is 6.22. The molecule has 1 atom stereocenters. The van der Waals surface area contributed by atoms with Gasteiger partial charge in [-0.2, -0.15) is 0 Å². The molecule has 1 aliphatic heterocycles. The lowest BCUT2D eigenvalue weighted by molar-refractivity contribution is 0.410. The molecule has 1 rings (SSSR count). The van der Waals surface area contributed by atoms with Gasteiger partial charge in [-0.1, -0.05) is 0 Å². The van der Waals surface area contributed by atoms with Gasteiger partial charge in [0.25, 0.3) is 0 Å². The third-order valence-corrected chi connectivity index (χ3v) is 1.57. The standard InChI is InChI=1S/C6H15N3/c1-6-2-3-8-9-5-4-7-6/h6-9H,2-5H2,1H3. The van der Waals surface area contributed by atoms with Crippen LogP contribution in [0.5, 0.6) is 0 Å². The Hall–Kier alpha value is -0.120. The number of hydrazine groups is 1. The van der Waals surface area contributed by atoms with Gasteiger partial charge >= 0.3 is 0 Å². The summed E-state index contributed by atoms with van der Waals surface area (Å²) in [6, 6.07) is 0.666. The Bertz CT molecular complexity index is 66.7. The first-order valence-corrected chi connectivity index (χ1v) is 3.58. The van der Waals surface area contributed by atoms with E-state index in [4.69, 9.17) is 0 Å². The van der Waals surface area contributed by atoms with Gasteiger partial charge in [0.15, 0.2) is 0 Å². The van der Waals surface area contributed by atoms with E-state index in [0.717, 1.165) is 19.6 Å². The fourth-order valence-corrected chi connectivity index (χ4v) is 0.949. The molecule has 0 aromatic carbocycles. The summed E-state index contributed by atoms with van der Waals surface area (Å²) in [6.45, 7) is 5.36. The van der Waals surface area contributed by atoms with Crippen molar-refractivity contribution in [1.29, 1.82) is 0 Å². The third-order valence-electron chi connectivity index (χ3n) is 1.57. The Labute approximate surface area is 56.2 Å². The molecule has 3 heteroatoms. The predicted molar refractivity (Wildman–Crippen MR) is 38.1 cm³/mol.